The summed E-state index contributed by atoms with van der Waals surface area (Å²) in [7, 11) is 0. The summed E-state index contributed by atoms with van der Waals surface area (Å²) in [4.78, 5) is 21.0. The van der Waals surface area contributed by atoms with Crippen molar-refractivity contribution in [2.45, 2.75) is 6.92 Å². The van der Waals surface area contributed by atoms with Gasteiger partial charge in [-0.1, -0.05) is 17.7 Å². The molecule has 0 atom stereocenters. The molecule has 4 heteroatoms. The molecule has 0 amide bonds. The number of carbonyl (C=O) groups is 2. The van der Waals surface area contributed by atoms with Gasteiger partial charge in [-0.15, -0.1) is 0 Å². The van der Waals surface area contributed by atoms with Gasteiger partial charge in [0, 0.05) is 12.5 Å². The van der Waals surface area contributed by atoms with Gasteiger partial charge in [0.2, 0.25) is 0 Å². The lowest BCUT2D eigenvalue weighted by Gasteiger charge is -2.04. The highest BCUT2D eigenvalue weighted by atomic mass is 35.5. The molecule has 68 valence electrons. The maximum Gasteiger partial charge on any atom is 0.308 e. The van der Waals surface area contributed by atoms with Gasteiger partial charge >= 0.3 is 5.97 Å². The Morgan fingerprint density at radius 3 is 2.77 bits per heavy atom. The number of benzene rings is 1. The number of carbonyl (C=O) groups excluding carboxylic acids is 2. The third-order valence-electron chi connectivity index (χ3n) is 1.37. The smallest absolute Gasteiger partial charge is 0.308 e. The molecule has 0 heterocycles. The van der Waals surface area contributed by atoms with Crippen molar-refractivity contribution in [2.75, 3.05) is 0 Å². The van der Waals surface area contributed by atoms with Crippen LogP contribution < -0.4 is 4.74 Å². The first-order valence-corrected chi connectivity index (χ1v) is 3.95. The topological polar surface area (TPSA) is 43.4 Å². The zero-order valence-electron chi connectivity index (χ0n) is 6.91. The minimum Gasteiger partial charge on any atom is -0.425 e. The first-order chi connectivity index (χ1) is 6.15. The van der Waals surface area contributed by atoms with Gasteiger partial charge in [-0.2, -0.15) is 0 Å². The molecular weight excluding hydrogens is 192 g/mol. The fourth-order valence-electron chi connectivity index (χ4n) is 0.852. The first kappa shape index (κ1) is 9.74. The van der Waals surface area contributed by atoms with E-state index in [2.05, 4.69) is 0 Å². The number of halogens is 1. The number of ether oxygens (including phenoxy) is 1. The van der Waals surface area contributed by atoms with E-state index in [0.29, 0.717) is 11.8 Å². The largest absolute Gasteiger partial charge is 0.425 e. The second-order valence-corrected chi connectivity index (χ2v) is 2.75. The fourth-order valence-corrected chi connectivity index (χ4v) is 1.06. The normalized spacial score (nSPS) is 9.38. The number of rotatable bonds is 2. The van der Waals surface area contributed by atoms with Crippen LogP contribution in [0, 0.1) is 0 Å². The van der Waals surface area contributed by atoms with Gasteiger partial charge in [0.25, 0.3) is 0 Å². The highest BCUT2D eigenvalue weighted by Gasteiger charge is 2.07. The quantitative estimate of drug-likeness (QED) is 0.415. The predicted octanol–water partition coefficient (Wildman–Crippen LogP) is 2.08. The Hall–Kier alpha value is -1.35. The van der Waals surface area contributed by atoms with Gasteiger partial charge in [-0.25, -0.2) is 0 Å². The molecule has 0 unspecified atom stereocenters. The molecule has 13 heavy (non-hydrogen) atoms. The van der Waals surface area contributed by atoms with E-state index >= 15 is 0 Å². The molecule has 3 nitrogen and oxygen atoms in total. The Bertz CT molecular complexity index is 347. The molecule has 0 radical (unpaired) electrons. The van der Waals surface area contributed by atoms with E-state index in [-0.39, 0.29) is 10.8 Å². The van der Waals surface area contributed by atoms with Crippen molar-refractivity contribution in [3.63, 3.8) is 0 Å². The molecule has 0 spiro atoms. The van der Waals surface area contributed by atoms with Gasteiger partial charge < -0.3 is 4.74 Å². The zero-order valence-corrected chi connectivity index (χ0v) is 7.67. The Kier molecular flexibility index (Phi) is 3.03. The zero-order chi connectivity index (χ0) is 9.84. The second kappa shape index (κ2) is 4.05. The Balaban J connectivity index is 3.07. The van der Waals surface area contributed by atoms with Crippen LogP contribution in [0.3, 0.4) is 0 Å². The minimum atomic E-state index is -0.468. The number of hydrogen-bond acceptors (Lipinski definition) is 3. The molecule has 0 aliphatic carbocycles. The van der Waals surface area contributed by atoms with E-state index < -0.39 is 5.97 Å². The van der Waals surface area contributed by atoms with Crippen LogP contribution in [-0.2, 0) is 4.79 Å². The van der Waals surface area contributed by atoms with E-state index in [9.17, 15) is 9.59 Å². The lowest BCUT2D eigenvalue weighted by atomic mass is 10.2. The summed E-state index contributed by atoms with van der Waals surface area (Å²) in [5.74, 6) is -0.260. The van der Waals surface area contributed by atoms with Gasteiger partial charge in [-0.05, 0) is 12.1 Å². The third kappa shape index (κ3) is 2.29. The lowest BCUT2D eigenvalue weighted by Crippen LogP contribution is -2.02. The van der Waals surface area contributed by atoms with Gasteiger partial charge in [0.15, 0.2) is 6.29 Å². The predicted molar refractivity (Wildman–Crippen MR) is 48.1 cm³/mol. The Labute approximate surface area is 80.3 Å². The Morgan fingerprint density at radius 2 is 2.23 bits per heavy atom. The summed E-state index contributed by atoms with van der Waals surface area (Å²) >= 11 is 5.74. The highest BCUT2D eigenvalue weighted by molar-refractivity contribution is 6.34. The van der Waals surface area contributed by atoms with Gasteiger partial charge in [0.05, 0.1) is 5.02 Å². The van der Waals surface area contributed by atoms with E-state index in [1.807, 2.05) is 0 Å². The first-order valence-electron chi connectivity index (χ1n) is 3.57. The molecule has 0 saturated carbocycles. The minimum absolute atomic E-state index is 0.160. The number of hydrogen-bond donors (Lipinski definition) is 0. The molecule has 0 aliphatic heterocycles. The molecule has 1 aromatic carbocycles. The monoisotopic (exact) mass is 198 g/mol. The molecular formula is C9H7ClO3. The molecule has 0 N–H and O–H groups in total. The van der Waals surface area contributed by atoms with Crippen LogP contribution in [0.2, 0.25) is 5.02 Å². The summed E-state index contributed by atoms with van der Waals surface area (Å²) in [5.41, 5.74) is 0.306. The van der Waals surface area contributed by atoms with Crippen molar-refractivity contribution in [2.24, 2.45) is 0 Å². The molecule has 0 fully saturated rings. The van der Waals surface area contributed by atoms with Crippen molar-refractivity contribution in [1.82, 2.24) is 0 Å². The highest BCUT2D eigenvalue weighted by Crippen LogP contribution is 2.26. The van der Waals surface area contributed by atoms with Crippen LogP contribution in [-0.4, -0.2) is 12.3 Å². The van der Waals surface area contributed by atoms with E-state index in [4.69, 9.17) is 16.3 Å². The lowest BCUT2D eigenvalue weighted by molar-refractivity contribution is -0.131. The molecule has 0 bridgehead atoms. The second-order valence-electron chi connectivity index (χ2n) is 2.37. The third-order valence-corrected chi connectivity index (χ3v) is 1.78. The summed E-state index contributed by atoms with van der Waals surface area (Å²) in [5, 5.41) is 0.160. The van der Waals surface area contributed by atoms with Crippen LogP contribution in [0.5, 0.6) is 5.75 Å². The van der Waals surface area contributed by atoms with Crippen LogP contribution >= 0.6 is 11.6 Å². The average molecular weight is 199 g/mol. The molecule has 0 saturated heterocycles. The summed E-state index contributed by atoms with van der Waals surface area (Å²) < 4.78 is 4.76. The van der Waals surface area contributed by atoms with Crippen LogP contribution in [0.4, 0.5) is 0 Å². The molecule has 1 aromatic rings. The summed E-state index contributed by atoms with van der Waals surface area (Å²) in [6.45, 7) is 1.27. The number of esters is 1. The van der Waals surface area contributed by atoms with Crippen LogP contribution in [0.25, 0.3) is 0 Å². The average Bonchev–Trinajstić information content (AvgIpc) is 2.08. The Morgan fingerprint density at radius 1 is 1.54 bits per heavy atom. The van der Waals surface area contributed by atoms with Crippen molar-refractivity contribution >= 4 is 23.9 Å². The summed E-state index contributed by atoms with van der Waals surface area (Å²) in [6, 6.07) is 4.66. The van der Waals surface area contributed by atoms with Gasteiger partial charge in [0.1, 0.15) is 5.75 Å². The fraction of sp³-hybridized carbons (Fsp3) is 0.111. The number of aldehydes is 1. The van der Waals surface area contributed by atoms with Crippen molar-refractivity contribution < 1.29 is 14.3 Å². The maximum atomic E-state index is 10.6. The molecule has 1 rings (SSSR count). The van der Waals surface area contributed by atoms with Crippen LogP contribution in [0.1, 0.15) is 17.3 Å². The van der Waals surface area contributed by atoms with E-state index in [0.717, 1.165) is 0 Å². The van der Waals surface area contributed by atoms with Crippen molar-refractivity contribution in [3.8, 4) is 5.75 Å². The van der Waals surface area contributed by atoms with E-state index in [1.54, 1.807) is 12.1 Å². The van der Waals surface area contributed by atoms with E-state index in [1.165, 1.54) is 13.0 Å². The molecule has 0 aromatic heterocycles. The van der Waals surface area contributed by atoms with Crippen molar-refractivity contribution in [1.29, 1.82) is 0 Å². The summed E-state index contributed by atoms with van der Waals surface area (Å²) in [6.07, 6.45) is 0.606. The standard InChI is InChI=1S/C9H7ClO3/c1-6(12)13-8-4-2-3-7(5-11)9(8)10/h2-5H,1H3. The maximum absolute atomic E-state index is 10.6. The van der Waals surface area contributed by atoms with Crippen LogP contribution in [0.15, 0.2) is 18.2 Å². The SMILES string of the molecule is CC(=O)Oc1cccc(C=O)c1Cl. The van der Waals surface area contributed by atoms with Crippen molar-refractivity contribution in [3.05, 3.63) is 28.8 Å². The molecule has 0 aliphatic rings. The van der Waals surface area contributed by atoms with Gasteiger partial charge in [-0.3, -0.25) is 9.59 Å².